The molecular formula is C20H20N2OS. The highest BCUT2D eigenvalue weighted by Gasteiger charge is 2.07. The van der Waals surface area contributed by atoms with Gasteiger partial charge >= 0.3 is 0 Å². The zero-order valence-corrected chi connectivity index (χ0v) is 14.2. The molecule has 24 heavy (non-hydrogen) atoms. The van der Waals surface area contributed by atoms with Gasteiger partial charge in [0.15, 0.2) is 0 Å². The Balaban J connectivity index is 1.57. The third kappa shape index (κ3) is 4.78. The van der Waals surface area contributed by atoms with Gasteiger partial charge in [0.05, 0.1) is 6.54 Å². The number of rotatable bonds is 7. The van der Waals surface area contributed by atoms with E-state index in [1.807, 2.05) is 47.8 Å². The van der Waals surface area contributed by atoms with Crippen molar-refractivity contribution in [1.82, 2.24) is 5.32 Å². The minimum Gasteiger partial charge on any atom is -0.325 e. The van der Waals surface area contributed by atoms with Gasteiger partial charge in [0, 0.05) is 17.1 Å². The minimum absolute atomic E-state index is 0.0212. The standard InChI is InChI=1S/C20H20N2OS/c23-20(15-21-14-18-10-6-12-24-18)22-19-11-5-4-9-17(19)13-16-7-2-1-3-8-16/h1-12,21H,13-15H2,(H,22,23). The van der Waals surface area contributed by atoms with Crippen LogP contribution in [0.25, 0.3) is 0 Å². The van der Waals surface area contributed by atoms with Gasteiger partial charge in [-0.1, -0.05) is 54.6 Å². The summed E-state index contributed by atoms with van der Waals surface area (Å²) in [6, 6.07) is 22.3. The molecule has 0 unspecified atom stereocenters. The molecule has 0 fully saturated rings. The fourth-order valence-corrected chi connectivity index (χ4v) is 3.19. The van der Waals surface area contributed by atoms with Crippen LogP contribution in [-0.2, 0) is 17.8 Å². The average molecular weight is 336 g/mol. The van der Waals surface area contributed by atoms with Gasteiger partial charge in [-0.05, 0) is 35.1 Å². The fraction of sp³-hybridized carbons (Fsp3) is 0.150. The van der Waals surface area contributed by atoms with E-state index in [1.165, 1.54) is 10.4 Å². The summed E-state index contributed by atoms with van der Waals surface area (Å²) in [6.45, 7) is 1.02. The zero-order valence-electron chi connectivity index (χ0n) is 13.4. The molecule has 1 aromatic heterocycles. The van der Waals surface area contributed by atoms with Gasteiger partial charge in [-0.3, -0.25) is 4.79 Å². The third-order valence-corrected chi connectivity index (χ3v) is 4.57. The van der Waals surface area contributed by atoms with Crippen LogP contribution in [-0.4, -0.2) is 12.5 Å². The second-order valence-corrected chi connectivity index (χ2v) is 6.58. The third-order valence-electron chi connectivity index (χ3n) is 3.69. The second kappa shape index (κ2) is 8.43. The van der Waals surface area contributed by atoms with Gasteiger partial charge in [0.25, 0.3) is 0 Å². The molecule has 1 heterocycles. The van der Waals surface area contributed by atoms with Gasteiger partial charge < -0.3 is 10.6 Å². The van der Waals surface area contributed by atoms with Crippen molar-refractivity contribution in [3.63, 3.8) is 0 Å². The number of para-hydroxylation sites is 1. The van der Waals surface area contributed by atoms with E-state index >= 15 is 0 Å². The summed E-state index contributed by atoms with van der Waals surface area (Å²) in [5, 5.41) is 8.23. The Morgan fingerprint density at radius 1 is 0.917 bits per heavy atom. The summed E-state index contributed by atoms with van der Waals surface area (Å²) in [5.41, 5.74) is 3.23. The van der Waals surface area contributed by atoms with E-state index in [0.717, 1.165) is 24.2 Å². The van der Waals surface area contributed by atoms with E-state index in [4.69, 9.17) is 0 Å². The highest BCUT2D eigenvalue weighted by molar-refractivity contribution is 7.09. The Kier molecular flexibility index (Phi) is 5.77. The SMILES string of the molecule is O=C(CNCc1cccs1)Nc1ccccc1Cc1ccccc1. The molecule has 0 aliphatic heterocycles. The highest BCUT2D eigenvalue weighted by Crippen LogP contribution is 2.19. The summed E-state index contributed by atoms with van der Waals surface area (Å²) in [6.07, 6.45) is 0.805. The molecule has 2 N–H and O–H groups in total. The first kappa shape index (κ1) is 16.4. The molecule has 4 heteroatoms. The van der Waals surface area contributed by atoms with Crippen molar-refractivity contribution >= 4 is 22.9 Å². The maximum absolute atomic E-state index is 12.2. The van der Waals surface area contributed by atoms with Crippen LogP contribution in [0.1, 0.15) is 16.0 Å². The molecule has 0 saturated carbocycles. The Labute approximate surface area is 146 Å². The molecule has 0 aliphatic rings. The van der Waals surface area contributed by atoms with E-state index in [-0.39, 0.29) is 5.91 Å². The fourth-order valence-electron chi connectivity index (χ4n) is 2.52. The van der Waals surface area contributed by atoms with Crippen LogP contribution in [0.15, 0.2) is 72.1 Å². The number of carbonyl (C=O) groups is 1. The number of benzene rings is 2. The molecule has 2 aromatic carbocycles. The van der Waals surface area contributed by atoms with Crippen molar-refractivity contribution in [1.29, 1.82) is 0 Å². The summed E-state index contributed by atoms with van der Waals surface area (Å²) in [5.74, 6) is -0.0212. The number of nitrogens with one attached hydrogen (secondary N) is 2. The van der Waals surface area contributed by atoms with Crippen LogP contribution in [0.5, 0.6) is 0 Å². The predicted octanol–water partition coefficient (Wildman–Crippen LogP) is 4.07. The smallest absolute Gasteiger partial charge is 0.238 e. The predicted molar refractivity (Wildman–Crippen MR) is 100 cm³/mol. The average Bonchev–Trinajstić information content (AvgIpc) is 3.11. The lowest BCUT2D eigenvalue weighted by molar-refractivity contribution is -0.115. The van der Waals surface area contributed by atoms with Crippen molar-refractivity contribution in [2.24, 2.45) is 0 Å². The topological polar surface area (TPSA) is 41.1 Å². The number of carbonyl (C=O) groups excluding carboxylic acids is 1. The maximum Gasteiger partial charge on any atom is 0.238 e. The van der Waals surface area contributed by atoms with Gasteiger partial charge in [0.1, 0.15) is 0 Å². The molecule has 0 radical (unpaired) electrons. The molecule has 0 bridgehead atoms. The summed E-state index contributed by atoms with van der Waals surface area (Å²) in [7, 11) is 0. The maximum atomic E-state index is 12.2. The van der Waals surface area contributed by atoms with Crippen LogP contribution in [0, 0.1) is 0 Å². The number of amides is 1. The Bertz CT molecular complexity index is 769. The van der Waals surface area contributed by atoms with E-state index in [0.29, 0.717) is 6.54 Å². The molecule has 3 rings (SSSR count). The largest absolute Gasteiger partial charge is 0.325 e. The van der Waals surface area contributed by atoms with Crippen LogP contribution in [0.4, 0.5) is 5.69 Å². The molecule has 0 aliphatic carbocycles. The quantitative estimate of drug-likeness (QED) is 0.683. The van der Waals surface area contributed by atoms with Crippen molar-refractivity contribution < 1.29 is 4.79 Å². The molecule has 122 valence electrons. The molecule has 3 aromatic rings. The Morgan fingerprint density at radius 2 is 1.71 bits per heavy atom. The van der Waals surface area contributed by atoms with Crippen LogP contribution in [0.3, 0.4) is 0 Å². The highest BCUT2D eigenvalue weighted by atomic mass is 32.1. The van der Waals surface area contributed by atoms with Crippen molar-refractivity contribution in [3.8, 4) is 0 Å². The van der Waals surface area contributed by atoms with E-state index < -0.39 is 0 Å². The van der Waals surface area contributed by atoms with E-state index in [1.54, 1.807) is 11.3 Å². The number of hydrogen-bond donors (Lipinski definition) is 2. The first-order chi connectivity index (χ1) is 11.8. The van der Waals surface area contributed by atoms with Crippen LogP contribution in [0.2, 0.25) is 0 Å². The summed E-state index contributed by atoms with van der Waals surface area (Å²) < 4.78 is 0. The molecule has 0 atom stereocenters. The Hall–Kier alpha value is -2.43. The normalized spacial score (nSPS) is 10.5. The van der Waals surface area contributed by atoms with E-state index in [9.17, 15) is 4.79 Å². The molecular weight excluding hydrogens is 316 g/mol. The lowest BCUT2D eigenvalue weighted by Gasteiger charge is -2.11. The first-order valence-electron chi connectivity index (χ1n) is 7.96. The molecule has 1 amide bonds. The zero-order chi connectivity index (χ0) is 16.6. The van der Waals surface area contributed by atoms with Gasteiger partial charge in [-0.15, -0.1) is 11.3 Å². The van der Waals surface area contributed by atoms with Crippen molar-refractivity contribution in [3.05, 3.63) is 88.1 Å². The van der Waals surface area contributed by atoms with Gasteiger partial charge in [-0.25, -0.2) is 0 Å². The molecule has 3 nitrogen and oxygen atoms in total. The van der Waals surface area contributed by atoms with E-state index in [2.05, 4.69) is 34.9 Å². The summed E-state index contributed by atoms with van der Waals surface area (Å²) in [4.78, 5) is 13.4. The van der Waals surface area contributed by atoms with Gasteiger partial charge in [0.2, 0.25) is 5.91 Å². The molecule has 0 spiro atoms. The molecule has 0 saturated heterocycles. The van der Waals surface area contributed by atoms with Crippen molar-refractivity contribution in [2.45, 2.75) is 13.0 Å². The number of anilines is 1. The summed E-state index contributed by atoms with van der Waals surface area (Å²) >= 11 is 1.69. The van der Waals surface area contributed by atoms with Gasteiger partial charge in [-0.2, -0.15) is 0 Å². The van der Waals surface area contributed by atoms with Crippen LogP contribution < -0.4 is 10.6 Å². The monoisotopic (exact) mass is 336 g/mol. The Morgan fingerprint density at radius 3 is 2.50 bits per heavy atom. The number of hydrogen-bond acceptors (Lipinski definition) is 3. The van der Waals surface area contributed by atoms with Crippen LogP contribution >= 0.6 is 11.3 Å². The lowest BCUT2D eigenvalue weighted by Crippen LogP contribution is -2.27. The first-order valence-corrected chi connectivity index (χ1v) is 8.84. The minimum atomic E-state index is -0.0212. The second-order valence-electron chi connectivity index (χ2n) is 5.55. The van der Waals surface area contributed by atoms with Crippen molar-refractivity contribution in [2.75, 3.05) is 11.9 Å². The lowest BCUT2D eigenvalue weighted by atomic mass is 10.0. The number of thiophene rings is 1.